The lowest BCUT2D eigenvalue weighted by Crippen LogP contribution is -2.55. The quantitative estimate of drug-likeness (QED) is 0.727. The minimum Gasteiger partial charge on any atom is -0.367 e. The summed E-state index contributed by atoms with van der Waals surface area (Å²) in [6.07, 6.45) is -1.75. The first-order valence-electron chi connectivity index (χ1n) is 8.77. The van der Waals surface area contributed by atoms with Gasteiger partial charge in [0.2, 0.25) is 5.91 Å². The molecular weight excluding hydrogens is 361 g/mol. The van der Waals surface area contributed by atoms with E-state index < -0.39 is 23.8 Å². The van der Waals surface area contributed by atoms with Crippen LogP contribution in [-0.2, 0) is 22.3 Å². The molecule has 146 valence electrons. The fraction of sp³-hybridized carbons (Fsp3) is 0.444. The van der Waals surface area contributed by atoms with Crippen molar-refractivity contribution in [2.24, 2.45) is 5.92 Å². The Labute approximate surface area is 154 Å². The number of hydrazine groups is 1. The van der Waals surface area contributed by atoms with E-state index in [1.807, 2.05) is 6.92 Å². The second-order valence-electron chi connectivity index (χ2n) is 6.60. The number of carbonyl (C=O) groups is 2. The lowest BCUT2D eigenvalue weighted by Gasteiger charge is -2.32. The SMILES string of the molecule is CCCC1=CC(=O)N2NCC(C(=O)NCc3ccc(C(F)(F)F)cc3)C2N1. The highest BCUT2D eigenvalue weighted by Gasteiger charge is 2.43. The molecule has 1 saturated heterocycles. The van der Waals surface area contributed by atoms with Gasteiger partial charge in [0, 0.05) is 24.9 Å². The summed E-state index contributed by atoms with van der Waals surface area (Å²) in [5.74, 6) is -0.961. The molecule has 0 bridgehead atoms. The van der Waals surface area contributed by atoms with E-state index in [9.17, 15) is 22.8 Å². The molecule has 2 aliphatic rings. The maximum Gasteiger partial charge on any atom is 0.416 e. The average Bonchev–Trinajstić information content (AvgIpc) is 3.04. The van der Waals surface area contributed by atoms with E-state index in [0.717, 1.165) is 30.7 Å². The second kappa shape index (κ2) is 7.59. The highest BCUT2D eigenvalue weighted by Crippen LogP contribution is 2.29. The van der Waals surface area contributed by atoms with Gasteiger partial charge in [0.1, 0.15) is 6.17 Å². The molecule has 0 radical (unpaired) electrons. The van der Waals surface area contributed by atoms with Crippen molar-refractivity contribution in [1.82, 2.24) is 21.1 Å². The number of amides is 2. The van der Waals surface area contributed by atoms with Crippen LogP contribution in [0.15, 0.2) is 36.0 Å². The van der Waals surface area contributed by atoms with Crippen LogP contribution in [0.2, 0.25) is 0 Å². The average molecular weight is 382 g/mol. The molecule has 27 heavy (non-hydrogen) atoms. The number of halogens is 3. The Bertz CT molecular complexity index is 746. The van der Waals surface area contributed by atoms with Crippen molar-refractivity contribution in [3.05, 3.63) is 47.2 Å². The summed E-state index contributed by atoms with van der Waals surface area (Å²) in [5.41, 5.74) is 3.55. The molecule has 6 nitrogen and oxygen atoms in total. The number of hydrogen-bond acceptors (Lipinski definition) is 4. The molecule has 0 aromatic heterocycles. The molecule has 2 unspecified atom stereocenters. The summed E-state index contributed by atoms with van der Waals surface area (Å²) >= 11 is 0. The molecule has 2 amide bonds. The number of hydrogen-bond donors (Lipinski definition) is 3. The van der Waals surface area contributed by atoms with Gasteiger partial charge in [-0.15, -0.1) is 0 Å². The van der Waals surface area contributed by atoms with E-state index in [2.05, 4.69) is 16.1 Å². The number of nitrogens with zero attached hydrogens (tertiary/aromatic N) is 1. The Morgan fingerprint density at radius 3 is 2.63 bits per heavy atom. The van der Waals surface area contributed by atoms with Crippen molar-refractivity contribution in [2.75, 3.05) is 6.54 Å². The zero-order valence-corrected chi connectivity index (χ0v) is 14.8. The first kappa shape index (κ1) is 19.2. The number of alkyl halides is 3. The zero-order valence-electron chi connectivity index (χ0n) is 14.8. The Morgan fingerprint density at radius 2 is 2.00 bits per heavy atom. The van der Waals surface area contributed by atoms with Gasteiger partial charge in [0.25, 0.3) is 5.91 Å². The molecule has 9 heteroatoms. The van der Waals surface area contributed by atoms with Gasteiger partial charge in [-0.2, -0.15) is 13.2 Å². The van der Waals surface area contributed by atoms with Gasteiger partial charge in [-0.1, -0.05) is 25.5 Å². The minimum atomic E-state index is -4.39. The molecule has 3 N–H and O–H groups in total. The predicted molar refractivity (Wildman–Crippen MR) is 91.5 cm³/mol. The van der Waals surface area contributed by atoms with Gasteiger partial charge in [-0.05, 0) is 24.1 Å². The molecule has 1 aromatic rings. The third-order valence-corrected chi connectivity index (χ3v) is 4.61. The normalized spacial score (nSPS) is 22.1. The van der Waals surface area contributed by atoms with Gasteiger partial charge in [-0.25, -0.2) is 5.43 Å². The van der Waals surface area contributed by atoms with E-state index >= 15 is 0 Å². The smallest absolute Gasteiger partial charge is 0.367 e. The maximum atomic E-state index is 12.6. The zero-order chi connectivity index (χ0) is 19.6. The highest BCUT2D eigenvalue weighted by atomic mass is 19.4. The monoisotopic (exact) mass is 382 g/mol. The first-order valence-corrected chi connectivity index (χ1v) is 8.77. The molecule has 2 heterocycles. The summed E-state index contributed by atoms with van der Waals surface area (Å²) in [6, 6.07) is 4.66. The van der Waals surface area contributed by atoms with Crippen molar-refractivity contribution < 1.29 is 22.8 Å². The topological polar surface area (TPSA) is 73.5 Å². The largest absolute Gasteiger partial charge is 0.416 e. The van der Waals surface area contributed by atoms with Gasteiger partial charge in [0.05, 0.1) is 11.5 Å². The van der Waals surface area contributed by atoms with Gasteiger partial charge in [0.15, 0.2) is 0 Å². The molecule has 0 saturated carbocycles. The lowest BCUT2D eigenvalue weighted by atomic mass is 10.0. The molecule has 3 rings (SSSR count). The molecule has 1 fully saturated rings. The summed E-state index contributed by atoms with van der Waals surface area (Å²) in [5, 5.41) is 7.36. The standard InChI is InChI=1S/C18H21F3N4O2/c1-2-3-13-8-15(26)25-16(24-13)14(10-23-25)17(27)22-9-11-4-6-12(7-5-11)18(19,20)21/h4-8,14,16,23-24H,2-3,9-10H2,1H3,(H,22,27). The van der Waals surface area contributed by atoms with Crippen LogP contribution in [0.25, 0.3) is 0 Å². The van der Waals surface area contributed by atoms with Crippen molar-refractivity contribution in [1.29, 1.82) is 0 Å². The number of nitrogens with one attached hydrogen (secondary N) is 3. The van der Waals surface area contributed by atoms with Crippen LogP contribution in [0.4, 0.5) is 13.2 Å². The van der Waals surface area contributed by atoms with Crippen molar-refractivity contribution in [3.63, 3.8) is 0 Å². The summed E-state index contributed by atoms with van der Waals surface area (Å²) < 4.78 is 37.8. The molecule has 2 aliphatic heterocycles. The maximum absolute atomic E-state index is 12.6. The van der Waals surface area contributed by atoms with Crippen LogP contribution in [0.5, 0.6) is 0 Å². The third kappa shape index (κ3) is 4.24. The van der Waals surface area contributed by atoms with E-state index in [-0.39, 0.29) is 18.4 Å². The number of rotatable bonds is 5. The highest BCUT2D eigenvalue weighted by molar-refractivity contribution is 5.90. The van der Waals surface area contributed by atoms with Gasteiger partial charge >= 0.3 is 6.18 Å². The van der Waals surface area contributed by atoms with Crippen LogP contribution in [0.1, 0.15) is 30.9 Å². The molecular formula is C18H21F3N4O2. The van der Waals surface area contributed by atoms with E-state index in [0.29, 0.717) is 12.1 Å². The van der Waals surface area contributed by atoms with E-state index in [1.165, 1.54) is 23.2 Å². The second-order valence-corrected chi connectivity index (χ2v) is 6.60. The summed E-state index contributed by atoms with van der Waals surface area (Å²) in [6.45, 7) is 2.42. The Hall–Kier alpha value is -2.55. The fourth-order valence-electron chi connectivity index (χ4n) is 3.20. The lowest BCUT2D eigenvalue weighted by molar-refractivity contribution is -0.137. The molecule has 2 atom stereocenters. The molecule has 1 aromatic carbocycles. The number of allylic oxidation sites excluding steroid dienone is 1. The van der Waals surface area contributed by atoms with Crippen LogP contribution in [0.3, 0.4) is 0 Å². The Balaban J connectivity index is 1.60. The van der Waals surface area contributed by atoms with Crippen molar-refractivity contribution >= 4 is 11.8 Å². The van der Waals surface area contributed by atoms with Gasteiger partial charge in [-0.3, -0.25) is 14.6 Å². The number of carbonyl (C=O) groups excluding carboxylic acids is 2. The van der Waals surface area contributed by atoms with Crippen LogP contribution < -0.4 is 16.1 Å². The summed E-state index contributed by atoms with van der Waals surface area (Å²) in [4.78, 5) is 24.7. The van der Waals surface area contributed by atoms with Crippen molar-refractivity contribution in [2.45, 2.75) is 38.7 Å². The third-order valence-electron chi connectivity index (χ3n) is 4.61. The van der Waals surface area contributed by atoms with Crippen molar-refractivity contribution in [3.8, 4) is 0 Å². The van der Waals surface area contributed by atoms with Crippen LogP contribution in [0, 0.1) is 5.92 Å². The number of benzene rings is 1. The fourth-order valence-corrected chi connectivity index (χ4v) is 3.20. The Morgan fingerprint density at radius 1 is 1.30 bits per heavy atom. The van der Waals surface area contributed by atoms with E-state index in [1.54, 1.807) is 0 Å². The Kier molecular flexibility index (Phi) is 5.41. The van der Waals surface area contributed by atoms with E-state index in [4.69, 9.17) is 0 Å². The summed E-state index contributed by atoms with van der Waals surface area (Å²) in [7, 11) is 0. The van der Waals surface area contributed by atoms with Crippen LogP contribution in [-0.4, -0.2) is 29.5 Å². The minimum absolute atomic E-state index is 0.117. The van der Waals surface area contributed by atoms with Gasteiger partial charge < -0.3 is 10.6 Å². The first-order chi connectivity index (χ1) is 12.8. The predicted octanol–water partition coefficient (Wildman–Crippen LogP) is 1.90. The van der Waals surface area contributed by atoms with Crippen LogP contribution >= 0.6 is 0 Å². The molecule has 0 spiro atoms. The number of fused-ring (bicyclic) bond motifs is 1. The molecule has 0 aliphatic carbocycles.